The number of carbonyl (C=O) groups is 1. The highest BCUT2D eigenvalue weighted by Gasteiger charge is 2.27. The summed E-state index contributed by atoms with van der Waals surface area (Å²) in [4.78, 5) is 16.0. The van der Waals surface area contributed by atoms with Gasteiger partial charge in [0.25, 0.3) is 0 Å². The Balaban J connectivity index is 1.78. The van der Waals surface area contributed by atoms with Crippen LogP contribution in [0.2, 0.25) is 0 Å². The van der Waals surface area contributed by atoms with Crippen LogP contribution in [0, 0.1) is 0 Å². The number of fused-ring (bicyclic) bond motifs is 1. The standard InChI is InChI=1S/C13H11NO3/c15-13(11-4-2-8-16-11)17-10-6-5-9-3-1-7-14-12(9)10/h1-4,7-8,10H,5-6H2/t10-/m1/s1. The molecule has 0 saturated carbocycles. The van der Waals surface area contributed by atoms with E-state index in [1.807, 2.05) is 12.1 Å². The number of nitrogens with zero attached hydrogens (tertiary/aromatic N) is 1. The number of aryl methyl sites for hydroxylation is 1. The molecule has 3 rings (SSSR count). The maximum atomic E-state index is 11.7. The van der Waals surface area contributed by atoms with Crippen molar-refractivity contribution < 1.29 is 13.9 Å². The lowest BCUT2D eigenvalue weighted by atomic mass is 10.2. The zero-order valence-corrected chi connectivity index (χ0v) is 9.13. The van der Waals surface area contributed by atoms with E-state index in [0.717, 1.165) is 24.1 Å². The second-order valence-electron chi connectivity index (χ2n) is 3.96. The molecule has 0 aliphatic heterocycles. The molecule has 2 heterocycles. The number of ether oxygens (including phenoxy) is 1. The van der Waals surface area contributed by atoms with Gasteiger partial charge in [0.15, 0.2) is 0 Å². The van der Waals surface area contributed by atoms with Crippen LogP contribution in [-0.2, 0) is 11.2 Å². The maximum Gasteiger partial charge on any atom is 0.374 e. The summed E-state index contributed by atoms with van der Waals surface area (Å²) >= 11 is 0. The summed E-state index contributed by atoms with van der Waals surface area (Å²) in [6, 6.07) is 7.17. The number of pyridine rings is 1. The van der Waals surface area contributed by atoms with E-state index in [-0.39, 0.29) is 11.9 Å². The number of hydrogen-bond donors (Lipinski definition) is 0. The van der Waals surface area contributed by atoms with Gasteiger partial charge < -0.3 is 9.15 Å². The van der Waals surface area contributed by atoms with E-state index in [2.05, 4.69) is 4.98 Å². The van der Waals surface area contributed by atoms with Gasteiger partial charge in [0.1, 0.15) is 6.10 Å². The third-order valence-electron chi connectivity index (χ3n) is 2.88. The molecule has 2 aromatic heterocycles. The van der Waals surface area contributed by atoms with E-state index in [1.54, 1.807) is 18.3 Å². The van der Waals surface area contributed by atoms with Crippen LogP contribution >= 0.6 is 0 Å². The Labute approximate surface area is 98.2 Å². The number of furan rings is 1. The highest BCUT2D eigenvalue weighted by molar-refractivity contribution is 5.86. The zero-order valence-electron chi connectivity index (χ0n) is 9.13. The first-order chi connectivity index (χ1) is 8.34. The molecule has 2 aromatic rings. The molecule has 0 saturated heterocycles. The lowest BCUT2D eigenvalue weighted by Crippen LogP contribution is -2.09. The molecular formula is C13H11NO3. The van der Waals surface area contributed by atoms with Crippen LogP contribution < -0.4 is 0 Å². The van der Waals surface area contributed by atoms with Gasteiger partial charge in [-0.05, 0) is 36.6 Å². The van der Waals surface area contributed by atoms with Crippen molar-refractivity contribution in [2.24, 2.45) is 0 Å². The van der Waals surface area contributed by atoms with Gasteiger partial charge in [0.05, 0.1) is 12.0 Å². The Morgan fingerprint density at radius 2 is 2.35 bits per heavy atom. The van der Waals surface area contributed by atoms with Crippen LogP contribution in [0.4, 0.5) is 0 Å². The first-order valence-electron chi connectivity index (χ1n) is 5.53. The quantitative estimate of drug-likeness (QED) is 0.742. The number of hydrogen-bond acceptors (Lipinski definition) is 4. The minimum atomic E-state index is -0.432. The molecule has 0 amide bonds. The van der Waals surface area contributed by atoms with Crippen molar-refractivity contribution in [2.75, 3.05) is 0 Å². The number of carbonyl (C=O) groups excluding carboxylic acids is 1. The van der Waals surface area contributed by atoms with Gasteiger partial charge in [-0.25, -0.2) is 4.79 Å². The van der Waals surface area contributed by atoms with Crippen LogP contribution in [0.15, 0.2) is 41.1 Å². The van der Waals surface area contributed by atoms with Gasteiger partial charge in [0.2, 0.25) is 5.76 Å². The number of rotatable bonds is 2. The van der Waals surface area contributed by atoms with Crippen molar-refractivity contribution in [3.8, 4) is 0 Å². The van der Waals surface area contributed by atoms with E-state index < -0.39 is 5.97 Å². The molecule has 4 heteroatoms. The summed E-state index contributed by atoms with van der Waals surface area (Å²) in [7, 11) is 0. The lowest BCUT2D eigenvalue weighted by molar-refractivity contribution is 0.0257. The lowest BCUT2D eigenvalue weighted by Gasteiger charge is -2.10. The average molecular weight is 229 g/mol. The normalized spacial score (nSPS) is 17.8. The molecule has 4 nitrogen and oxygen atoms in total. The molecular weight excluding hydrogens is 218 g/mol. The van der Waals surface area contributed by atoms with Crippen molar-refractivity contribution in [3.05, 3.63) is 53.7 Å². The van der Waals surface area contributed by atoms with Crippen LogP contribution in [0.25, 0.3) is 0 Å². The minimum Gasteiger partial charge on any atom is -0.457 e. The number of aromatic nitrogens is 1. The third kappa shape index (κ3) is 1.82. The molecule has 0 unspecified atom stereocenters. The Kier molecular flexibility index (Phi) is 2.40. The predicted molar refractivity (Wildman–Crippen MR) is 59.4 cm³/mol. The Morgan fingerprint density at radius 3 is 3.18 bits per heavy atom. The summed E-state index contributed by atoms with van der Waals surface area (Å²) in [5.74, 6) is -0.201. The Hall–Kier alpha value is -2.10. The van der Waals surface area contributed by atoms with Gasteiger partial charge in [-0.2, -0.15) is 0 Å². The minimum absolute atomic E-state index is 0.231. The molecule has 0 N–H and O–H groups in total. The van der Waals surface area contributed by atoms with Crippen molar-refractivity contribution in [1.29, 1.82) is 0 Å². The summed E-state index contributed by atoms with van der Waals surface area (Å²) in [5.41, 5.74) is 2.03. The molecule has 1 aliphatic carbocycles. The fourth-order valence-electron chi connectivity index (χ4n) is 2.07. The average Bonchev–Trinajstić information content (AvgIpc) is 2.98. The molecule has 1 atom stereocenters. The second kappa shape index (κ2) is 4.05. The van der Waals surface area contributed by atoms with Gasteiger partial charge in [-0.15, -0.1) is 0 Å². The maximum absolute atomic E-state index is 11.7. The molecule has 86 valence electrons. The van der Waals surface area contributed by atoms with Gasteiger partial charge in [-0.3, -0.25) is 4.98 Å². The summed E-state index contributed by atoms with van der Waals surface area (Å²) in [6.45, 7) is 0. The molecule has 0 fully saturated rings. The van der Waals surface area contributed by atoms with Crippen molar-refractivity contribution in [3.63, 3.8) is 0 Å². The molecule has 0 bridgehead atoms. The van der Waals surface area contributed by atoms with Gasteiger partial charge in [0, 0.05) is 6.20 Å². The SMILES string of the molecule is O=C(O[C@@H]1CCc2cccnc21)c1ccco1. The van der Waals surface area contributed by atoms with Crippen molar-refractivity contribution >= 4 is 5.97 Å². The molecule has 0 radical (unpaired) electrons. The fourth-order valence-corrected chi connectivity index (χ4v) is 2.07. The predicted octanol–water partition coefficient (Wildman–Crippen LogP) is 2.52. The van der Waals surface area contributed by atoms with E-state index in [9.17, 15) is 4.79 Å². The largest absolute Gasteiger partial charge is 0.457 e. The topological polar surface area (TPSA) is 52.3 Å². The number of esters is 1. The second-order valence-corrected chi connectivity index (χ2v) is 3.96. The van der Waals surface area contributed by atoms with Crippen LogP contribution in [-0.4, -0.2) is 11.0 Å². The van der Waals surface area contributed by atoms with Crippen LogP contribution in [0.1, 0.15) is 34.3 Å². The summed E-state index contributed by atoms with van der Waals surface area (Å²) in [5, 5.41) is 0. The third-order valence-corrected chi connectivity index (χ3v) is 2.88. The van der Waals surface area contributed by atoms with Crippen LogP contribution in [0.3, 0.4) is 0 Å². The van der Waals surface area contributed by atoms with Crippen molar-refractivity contribution in [2.45, 2.75) is 18.9 Å². The Morgan fingerprint density at radius 1 is 1.41 bits per heavy atom. The van der Waals surface area contributed by atoms with E-state index in [4.69, 9.17) is 9.15 Å². The highest BCUT2D eigenvalue weighted by atomic mass is 16.6. The zero-order chi connectivity index (χ0) is 11.7. The first kappa shape index (κ1) is 10.1. The van der Waals surface area contributed by atoms with E-state index in [0.29, 0.717) is 0 Å². The summed E-state index contributed by atoms with van der Waals surface area (Å²) < 4.78 is 10.4. The first-order valence-corrected chi connectivity index (χ1v) is 5.53. The monoisotopic (exact) mass is 229 g/mol. The van der Waals surface area contributed by atoms with E-state index >= 15 is 0 Å². The van der Waals surface area contributed by atoms with Gasteiger partial charge in [-0.1, -0.05) is 6.07 Å². The van der Waals surface area contributed by atoms with Crippen molar-refractivity contribution in [1.82, 2.24) is 4.98 Å². The molecule has 0 spiro atoms. The van der Waals surface area contributed by atoms with Gasteiger partial charge >= 0.3 is 5.97 Å². The highest BCUT2D eigenvalue weighted by Crippen LogP contribution is 2.32. The molecule has 1 aliphatic rings. The van der Waals surface area contributed by atoms with Crippen LogP contribution in [0.5, 0.6) is 0 Å². The van der Waals surface area contributed by atoms with E-state index in [1.165, 1.54) is 6.26 Å². The smallest absolute Gasteiger partial charge is 0.374 e. The molecule has 0 aromatic carbocycles. The summed E-state index contributed by atoms with van der Waals surface area (Å²) in [6.07, 6.45) is 4.62. The molecule has 17 heavy (non-hydrogen) atoms. The Bertz CT molecular complexity index is 533. The fraction of sp³-hybridized carbons (Fsp3) is 0.231.